The van der Waals surface area contributed by atoms with Crippen molar-refractivity contribution >= 4 is 5.97 Å². The standard InChI is InChI=1S/C14H18FNO2/c1-13(2,16)14(8-12(17)18)7-6-9-10(14)4-3-5-11(9)15/h3-5H,6-8,16H2,1-2H3,(H,17,18). The number of nitrogens with two attached hydrogens (primary N) is 1. The minimum atomic E-state index is -0.898. The normalized spacial score (nSPS) is 22.9. The van der Waals surface area contributed by atoms with Gasteiger partial charge in [0.05, 0.1) is 6.42 Å². The van der Waals surface area contributed by atoms with Crippen LogP contribution in [0.15, 0.2) is 18.2 Å². The van der Waals surface area contributed by atoms with Crippen LogP contribution in [0.2, 0.25) is 0 Å². The Morgan fingerprint density at radius 3 is 2.78 bits per heavy atom. The molecule has 98 valence electrons. The van der Waals surface area contributed by atoms with E-state index in [1.807, 2.05) is 19.9 Å². The van der Waals surface area contributed by atoms with Gasteiger partial charge in [0.1, 0.15) is 5.82 Å². The number of hydrogen-bond acceptors (Lipinski definition) is 2. The Morgan fingerprint density at radius 2 is 2.22 bits per heavy atom. The van der Waals surface area contributed by atoms with Crippen LogP contribution in [0.3, 0.4) is 0 Å². The van der Waals surface area contributed by atoms with Crippen LogP contribution in [0.1, 0.15) is 37.8 Å². The zero-order valence-electron chi connectivity index (χ0n) is 10.7. The fourth-order valence-electron chi connectivity index (χ4n) is 3.07. The van der Waals surface area contributed by atoms with Crippen LogP contribution in [-0.2, 0) is 16.6 Å². The lowest BCUT2D eigenvalue weighted by molar-refractivity contribution is -0.139. The van der Waals surface area contributed by atoms with Gasteiger partial charge in [0.15, 0.2) is 0 Å². The van der Waals surface area contributed by atoms with Crippen molar-refractivity contribution in [2.75, 3.05) is 0 Å². The molecule has 0 fully saturated rings. The molecule has 0 saturated heterocycles. The third-order valence-electron chi connectivity index (χ3n) is 4.12. The molecule has 3 N–H and O–H groups in total. The van der Waals surface area contributed by atoms with Crippen LogP contribution in [0.25, 0.3) is 0 Å². The first-order chi connectivity index (χ1) is 8.28. The van der Waals surface area contributed by atoms with E-state index in [1.54, 1.807) is 6.07 Å². The Kier molecular flexibility index (Phi) is 2.93. The number of rotatable bonds is 3. The van der Waals surface area contributed by atoms with Gasteiger partial charge in [-0.1, -0.05) is 12.1 Å². The van der Waals surface area contributed by atoms with Gasteiger partial charge in [0, 0.05) is 11.0 Å². The highest BCUT2D eigenvalue weighted by atomic mass is 19.1. The van der Waals surface area contributed by atoms with Gasteiger partial charge in [-0.05, 0) is 43.9 Å². The summed E-state index contributed by atoms with van der Waals surface area (Å²) in [5, 5.41) is 9.15. The Balaban J connectivity index is 2.60. The molecule has 1 unspecified atom stereocenters. The summed E-state index contributed by atoms with van der Waals surface area (Å²) < 4.78 is 13.8. The van der Waals surface area contributed by atoms with E-state index in [0.717, 1.165) is 5.56 Å². The van der Waals surface area contributed by atoms with Crippen LogP contribution in [0.5, 0.6) is 0 Å². The van der Waals surface area contributed by atoms with E-state index < -0.39 is 16.9 Å². The predicted octanol–water partition coefficient (Wildman–Crippen LogP) is 2.22. The van der Waals surface area contributed by atoms with Gasteiger partial charge in [0.2, 0.25) is 0 Å². The Bertz CT molecular complexity index is 493. The molecule has 3 nitrogen and oxygen atoms in total. The van der Waals surface area contributed by atoms with Crippen molar-refractivity contribution in [1.29, 1.82) is 0 Å². The largest absolute Gasteiger partial charge is 0.481 e. The smallest absolute Gasteiger partial charge is 0.304 e. The molecule has 1 aromatic carbocycles. The lowest BCUT2D eigenvalue weighted by Gasteiger charge is -2.41. The number of aliphatic carboxylic acids is 1. The highest BCUT2D eigenvalue weighted by Crippen LogP contribution is 2.48. The van der Waals surface area contributed by atoms with Gasteiger partial charge in [-0.15, -0.1) is 0 Å². The zero-order chi connectivity index (χ0) is 13.6. The number of benzene rings is 1. The Labute approximate surface area is 106 Å². The molecule has 0 heterocycles. The second-order valence-electron chi connectivity index (χ2n) is 5.64. The molecule has 1 aromatic rings. The van der Waals surface area contributed by atoms with E-state index >= 15 is 0 Å². The van der Waals surface area contributed by atoms with E-state index in [2.05, 4.69) is 0 Å². The molecule has 0 aromatic heterocycles. The Morgan fingerprint density at radius 1 is 1.56 bits per heavy atom. The molecule has 0 amide bonds. The molecule has 2 rings (SSSR count). The summed E-state index contributed by atoms with van der Waals surface area (Å²) in [5.41, 5.74) is 6.20. The molecule has 0 radical (unpaired) electrons. The summed E-state index contributed by atoms with van der Waals surface area (Å²) in [7, 11) is 0. The molecule has 1 atom stereocenters. The van der Waals surface area contributed by atoms with E-state index in [9.17, 15) is 9.18 Å². The molecule has 0 bridgehead atoms. The van der Waals surface area contributed by atoms with Gasteiger partial charge in [0.25, 0.3) is 0 Å². The fraction of sp³-hybridized carbons (Fsp3) is 0.500. The van der Waals surface area contributed by atoms with Gasteiger partial charge >= 0.3 is 5.97 Å². The van der Waals surface area contributed by atoms with Crippen molar-refractivity contribution in [2.45, 2.75) is 44.1 Å². The maximum absolute atomic E-state index is 13.8. The van der Waals surface area contributed by atoms with E-state index in [4.69, 9.17) is 10.8 Å². The minimum Gasteiger partial charge on any atom is -0.481 e. The Hall–Kier alpha value is -1.42. The predicted molar refractivity (Wildman–Crippen MR) is 66.9 cm³/mol. The van der Waals surface area contributed by atoms with Crippen molar-refractivity contribution < 1.29 is 14.3 Å². The lowest BCUT2D eigenvalue weighted by Crippen LogP contribution is -2.54. The fourth-order valence-corrected chi connectivity index (χ4v) is 3.07. The third kappa shape index (κ3) is 1.81. The molecule has 0 saturated carbocycles. The highest BCUT2D eigenvalue weighted by Gasteiger charge is 2.50. The molecular weight excluding hydrogens is 233 g/mol. The molecule has 1 aliphatic carbocycles. The van der Waals surface area contributed by atoms with Crippen molar-refractivity contribution in [1.82, 2.24) is 0 Å². The van der Waals surface area contributed by atoms with Gasteiger partial charge in [-0.25, -0.2) is 4.39 Å². The zero-order valence-corrected chi connectivity index (χ0v) is 10.7. The first-order valence-corrected chi connectivity index (χ1v) is 6.06. The number of fused-ring (bicyclic) bond motifs is 1. The van der Waals surface area contributed by atoms with Crippen LogP contribution >= 0.6 is 0 Å². The molecule has 18 heavy (non-hydrogen) atoms. The van der Waals surface area contributed by atoms with E-state index in [0.29, 0.717) is 18.4 Å². The van der Waals surface area contributed by atoms with Crippen LogP contribution in [0.4, 0.5) is 4.39 Å². The number of carboxylic acid groups (broad SMARTS) is 1. The summed E-state index contributed by atoms with van der Waals surface area (Å²) in [6.07, 6.45) is 1.07. The van der Waals surface area contributed by atoms with Gasteiger partial charge in [-0.2, -0.15) is 0 Å². The quantitative estimate of drug-likeness (QED) is 0.865. The second-order valence-corrected chi connectivity index (χ2v) is 5.64. The van der Waals surface area contributed by atoms with Gasteiger partial charge < -0.3 is 10.8 Å². The van der Waals surface area contributed by atoms with Crippen LogP contribution in [0, 0.1) is 5.82 Å². The van der Waals surface area contributed by atoms with Crippen LogP contribution in [-0.4, -0.2) is 16.6 Å². The lowest BCUT2D eigenvalue weighted by atomic mass is 9.66. The topological polar surface area (TPSA) is 63.3 Å². The molecular formula is C14H18FNO2. The first-order valence-electron chi connectivity index (χ1n) is 6.06. The summed E-state index contributed by atoms with van der Waals surface area (Å²) in [4.78, 5) is 11.2. The molecule has 4 heteroatoms. The molecule has 0 aliphatic heterocycles. The second kappa shape index (κ2) is 4.05. The average Bonchev–Trinajstić information content (AvgIpc) is 2.58. The highest BCUT2D eigenvalue weighted by molar-refractivity contribution is 5.70. The minimum absolute atomic E-state index is 0.0625. The summed E-state index contributed by atoms with van der Waals surface area (Å²) >= 11 is 0. The first kappa shape index (κ1) is 13.0. The van der Waals surface area contributed by atoms with Crippen molar-refractivity contribution in [3.05, 3.63) is 35.1 Å². The van der Waals surface area contributed by atoms with Crippen molar-refractivity contribution in [3.63, 3.8) is 0 Å². The molecule has 1 aliphatic rings. The summed E-state index contributed by atoms with van der Waals surface area (Å²) in [6.45, 7) is 3.63. The maximum atomic E-state index is 13.8. The summed E-state index contributed by atoms with van der Waals surface area (Å²) in [6, 6.07) is 4.85. The van der Waals surface area contributed by atoms with Crippen molar-refractivity contribution in [2.24, 2.45) is 5.73 Å². The van der Waals surface area contributed by atoms with E-state index in [1.165, 1.54) is 6.07 Å². The summed E-state index contributed by atoms with van der Waals surface area (Å²) in [5.74, 6) is -1.16. The van der Waals surface area contributed by atoms with Crippen LogP contribution < -0.4 is 5.73 Å². The third-order valence-corrected chi connectivity index (χ3v) is 4.12. The van der Waals surface area contributed by atoms with E-state index in [-0.39, 0.29) is 12.2 Å². The number of hydrogen-bond donors (Lipinski definition) is 2. The number of carbonyl (C=O) groups is 1. The average molecular weight is 251 g/mol. The monoisotopic (exact) mass is 251 g/mol. The number of carboxylic acids is 1. The van der Waals surface area contributed by atoms with Crippen molar-refractivity contribution in [3.8, 4) is 0 Å². The SMILES string of the molecule is CC(C)(N)C1(CC(=O)O)CCc2c(F)cccc21. The number of halogens is 1. The molecule has 0 spiro atoms. The maximum Gasteiger partial charge on any atom is 0.304 e. The van der Waals surface area contributed by atoms with Gasteiger partial charge in [-0.3, -0.25) is 4.79 Å².